The van der Waals surface area contributed by atoms with E-state index in [4.69, 9.17) is 1.37 Å². The van der Waals surface area contributed by atoms with Crippen molar-refractivity contribution < 1.29 is 1.37 Å². The van der Waals surface area contributed by atoms with Crippen molar-refractivity contribution in [2.24, 2.45) is 17.7 Å². The zero-order valence-corrected chi connectivity index (χ0v) is 7.60. The SMILES string of the molecule is [2H]C1(C)CC2CCCC(CC2)C1. The van der Waals surface area contributed by atoms with Crippen molar-refractivity contribution in [3.05, 3.63) is 0 Å². The van der Waals surface area contributed by atoms with Crippen molar-refractivity contribution in [1.82, 2.24) is 0 Å². The summed E-state index contributed by atoms with van der Waals surface area (Å²) >= 11 is 0. The molecule has 0 radical (unpaired) electrons. The lowest BCUT2D eigenvalue weighted by Gasteiger charge is -2.20. The Hall–Kier alpha value is 0. The summed E-state index contributed by atoms with van der Waals surface area (Å²) in [4.78, 5) is 0. The number of hydrogen-bond donors (Lipinski definition) is 0. The molecule has 0 heteroatoms. The van der Waals surface area contributed by atoms with E-state index in [2.05, 4.69) is 6.92 Å². The Balaban J connectivity index is 2.11. The lowest BCUT2D eigenvalue weighted by atomic mass is 9.86. The normalized spacial score (nSPS) is 53.0. The molecule has 2 bridgehead atoms. The Morgan fingerprint density at radius 3 is 2.09 bits per heavy atom. The first kappa shape index (κ1) is 6.51. The second-order valence-electron chi connectivity index (χ2n) is 4.61. The molecule has 2 fully saturated rings. The van der Waals surface area contributed by atoms with Crippen LogP contribution in [0.15, 0.2) is 0 Å². The maximum atomic E-state index is 8.16. The first-order chi connectivity index (χ1) is 5.66. The molecule has 2 unspecified atom stereocenters. The minimum atomic E-state index is -0.0910. The molecule has 0 saturated heterocycles. The van der Waals surface area contributed by atoms with Crippen LogP contribution in [-0.4, -0.2) is 0 Å². The van der Waals surface area contributed by atoms with Gasteiger partial charge in [0.1, 0.15) is 0 Å². The van der Waals surface area contributed by atoms with E-state index in [1.54, 1.807) is 0 Å². The Morgan fingerprint density at radius 1 is 1.00 bits per heavy atom. The van der Waals surface area contributed by atoms with Gasteiger partial charge in [0.25, 0.3) is 0 Å². The van der Waals surface area contributed by atoms with E-state index < -0.39 is 0 Å². The van der Waals surface area contributed by atoms with E-state index >= 15 is 0 Å². The predicted octanol–water partition coefficient (Wildman–Crippen LogP) is 3.61. The highest BCUT2D eigenvalue weighted by Gasteiger charge is 2.26. The minimum absolute atomic E-state index is 0.0910. The summed E-state index contributed by atoms with van der Waals surface area (Å²) in [6.07, 6.45) is 9.42. The van der Waals surface area contributed by atoms with Gasteiger partial charge in [0.2, 0.25) is 0 Å². The second-order valence-corrected chi connectivity index (χ2v) is 4.61. The fourth-order valence-electron chi connectivity index (χ4n) is 2.93. The zero-order valence-electron chi connectivity index (χ0n) is 8.60. The molecular formula is C11H20. The highest BCUT2D eigenvalue weighted by atomic mass is 14.3. The first-order valence-corrected chi connectivity index (χ1v) is 5.16. The van der Waals surface area contributed by atoms with Crippen LogP contribution in [0.4, 0.5) is 0 Å². The maximum Gasteiger partial charge on any atom is 0.0300 e. The molecule has 0 aromatic rings. The summed E-state index contributed by atoms with van der Waals surface area (Å²) in [6.45, 7) is 2.14. The molecule has 0 aromatic carbocycles. The first-order valence-electron chi connectivity index (χ1n) is 5.66. The van der Waals surface area contributed by atoms with E-state index in [-0.39, 0.29) is 5.89 Å². The van der Waals surface area contributed by atoms with Crippen molar-refractivity contribution in [2.45, 2.75) is 51.9 Å². The third-order valence-electron chi connectivity index (χ3n) is 3.48. The van der Waals surface area contributed by atoms with Gasteiger partial charge in [-0.15, -0.1) is 0 Å². The van der Waals surface area contributed by atoms with E-state index in [0.29, 0.717) is 0 Å². The Kier molecular flexibility index (Phi) is 1.87. The monoisotopic (exact) mass is 153 g/mol. The summed E-state index contributed by atoms with van der Waals surface area (Å²) < 4.78 is 8.16. The van der Waals surface area contributed by atoms with Gasteiger partial charge >= 0.3 is 0 Å². The average molecular weight is 153 g/mol. The van der Waals surface area contributed by atoms with Crippen molar-refractivity contribution in [3.63, 3.8) is 0 Å². The van der Waals surface area contributed by atoms with Crippen LogP contribution in [0.2, 0.25) is 0 Å². The second kappa shape index (κ2) is 3.16. The van der Waals surface area contributed by atoms with Crippen molar-refractivity contribution in [3.8, 4) is 0 Å². The van der Waals surface area contributed by atoms with Gasteiger partial charge in [0, 0.05) is 1.37 Å². The highest BCUT2D eigenvalue weighted by molar-refractivity contribution is 4.78. The number of hydrogen-bond acceptors (Lipinski definition) is 0. The standard InChI is InChI=1S/C11H20/c1-9-7-10-3-2-4-11(8-9)6-5-10/h9-11H,2-8H2,1H3/i9D. The largest absolute Gasteiger partial charge is 0.0625 e. The van der Waals surface area contributed by atoms with Crippen LogP contribution < -0.4 is 0 Å². The smallest absolute Gasteiger partial charge is 0.0300 e. The van der Waals surface area contributed by atoms with Crippen LogP contribution in [-0.2, 0) is 0 Å². The van der Waals surface area contributed by atoms with Gasteiger partial charge < -0.3 is 0 Å². The van der Waals surface area contributed by atoms with Crippen LogP contribution >= 0.6 is 0 Å². The fourth-order valence-corrected chi connectivity index (χ4v) is 2.93. The molecule has 2 atom stereocenters. The summed E-state index contributed by atoms with van der Waals surface area (Å²) in [6, 6.07) is 0. The molecule has 2 aliphatic rings. The van der Waals surface area contributed by atoms with Crippen LogP contribution in [0.1, 0.15) is 53.2 Å². The molecule has 0 nitrogen and oxygen atoms in total. The summed E-state index contributed by atoms with van der Waals surface area (Å²) in [5.74, 6) is 1.69. The minimum Gasteiger partial charge on any atom is -0.0625 e. The topological polar surface area (TPSA) is 0 Å². The van der Waals surface area contributed by atoms with Gasteiger partial charge in [0.05, 0.1) is 0 Å². The number of fused-ring (bicyclic) bond motifs is 3. The van der Waals surface area contributed by atoms with Gasteiger partial charge in [-0.25, -0.2) is 0 Å². The fraction of sp³-hybridized carbons (Fsp3) is 1.00. The van der Waals surface area contributed by atoms with Crippen molar-refractivity contribution in [2.75, 3.05) is 0 Å². The van der Waals surface area contributed by atoms with Crippen LogP contribution in [0.5, 0.6) is 0 Å². The Bertz CT molecular complexity index is 146. The molecule has 2 saturated carbocycles. The lowest BCUT2D eigenvalue weighted by molar-refractivity contribution is 0.317. The molecule has 11 heavy (non-hydrogen) atoms. The van der Waals surface area contributed by atoms with Gasteiger partial charge in [-0.1, -0.05) is 39.0 Å². The molecule has 0 aliphatic heterocycles. The summed E-state index contributed by atoms with van der Waals surface area (Å²) in [5.41, 5.74) is 0. The molecule has 0 amide bonds. The maximum absolute atomic E-state index is 8.16. The molecule has 2 aliphatic carbocycles. The highest BCUT2D eigenvalue weighted by Crippen LogP contribution is 2.39. The van der Waals surface area contributed by atoms with Gasteiger partial charge in [-0.2, -0.15) is 0 Å². The zero-order chi connectivity index (χ0) is 8.60. The van der Waals surface area contributed by atoms with E-state index in [1.807, 2.05) is 0 Å². The molecule has 0 N–H and O–H groups in total. The third-order valence-corrected chi connectivity index (χ3v) is 3.48. The molecule has 0 aromatic heterocycles. The van der Waals surface area contributed by atoms with Gasteiger partial charge in [-0.3, -0.25) is 0 Å². The molecule has 2 rings (SSSR count). The Morgan fingerprint density at radius 2 is 1.55 bits per heavy atom. The van der Waals surface area contributed by atoms with E-state index in [9.17, 15) is 0 Å². The van der Waals surface area contributed by atoms with Gasteiger partial charge in [0.15, 0.2) is 0 Å². The number of rotatable bonds is 0. The summed E-state index contributed by atoms with van der Waals surface area (Å²) in [7, 11) is 0. The van der Waals surface area contributed by atoms with Gasteiger partial charge in [-0.05, 0) is 30.6 Å². The van der Waals surface area contributed by atoms with Crippen LogP contribution in [0, 0.1) is 17.7 Å². The average Bonchev–Trinajstić information content (AvgIpc) is 2.17. The van der Waals surface area contributed by atoms with Crippen molar-refractivity contribution in [1.29, 1.82) is 0 Å². The summed E-state index contributed by atoms with van der Waals surface area (Å²) in [5, 5.41) is 0. The van der Waals surface area contributed by atoms with E-state index in [1.165, 1.54) is 44.9 Å². The molecule has 0 heterocycles. The molecule has 0 spiro atoms. The van der Waals surface area contributed by atoms with Crippen molar-refractivity contribution >= 4 is 0 Å². The van der Waals surface area contributed by atoms with Crippen LogP contribution in [0.3, 0.4) is 0 Å². The molecular weight excluding hydrogens is 132 g/mol. The Labute approximate surface area is 71.8 Å². The van der Waals surface area contributed by atoms with Crippen LogP contribution in [0.25, 0.3) is 0 Å². The quantitative estimate of drug-likeness (QED) is 0.498. The molecule has 64 valence electrons. The predicted molar refractivity (Wildman–Crippen MR) is 48.5 cm³/mol. The third kappa shape index (κ3) is 1.77. The van der Waals surface area contributed by atoms with E-state index in [0.717, 1.165) is 11.8 Å². The lowest BCUT2D eigenvalue weighted by Crippen LogP contribution is -2.08.